The van der Waals surface area contributed by atoms with Crippen LogP contribution in [0.15, 0.2) is 30.6 Å². The summed E-state index contributed by atoms with van der Waals surface area (Å²) < 4.78 is 13.0. The number of nitrogens with one attached hydrogen (secondary N) is 2. The highest BCUT2D eigenvalue weighted by Gasteiger charge is 2.18. The number of H-pyrrole nitrogens is 1. The molecule has 20 heavy (non-hydrogen) atoms. The van der Waals surface area contributed by atoms with Crippen molar-refractivity contribution in [1.29, 1.82) is 0 Å². The van der Waals surface area contributed by atoms with Gasteiger partial charge in [-0.1, -0.05) is 12.1 Å². The summed E-state index contributed by atoms with van der Waals surface area (Å²) in [6, 6.07) is 6.05. The topological polar surface area (TPSA) is 95.1 Å². The number of imidazole rings is 1. The van der Waals surface area contributed by atoms with E-state index in [2.05, 4.69) is 15.3 Å². The monoisotopic (exact) mass is 277 g/mol. The van der Waals surface area contributed by atoms with Gasteiger partial charge in [-0.3, -0.25) is 4.79 Å². The minimum absolute atomic E-state index is 0.170. The van der Waals surface area contributed by atoms with Crippen molar-refractivity contribution in [3.63, 3.8) is 0 Å². The predicted octanol–water partition coefficient (Wildman–Crippen LogP) is 1.22. The summed E-state index contributed by atoms with van der Waals surface area (Å²) in [4.78, 5) is 28.6. The summed E-state index contributed by atoms with van der Waals surface area (Å²) in [5, 5.41) is 11.4. The number of aromatic carboxylic acids is 1. The SMILES string of the molecule is O=C(NCCc1cccc(F)c1)c1nc[nH]c1C(=O)O. The van der Waals surface area contributed by atoms with Gasteiger partial charge in [-0.2, -0.15) is 0 Å². The molecule has 0 atom stereocenters. The van der Waals surface area contributed by atoms with E-state index in [-0.39, 0.29) is 23.7 Å². The van der Waals surface area contributed by atoms with Crippen molar-refractivity contribution in [1.82, 2.24) is 15.3 Å². The van der Waals surface area contributed by atoms with Gasteiger partial charge in [0.2, 0.25) is 0 Å². The van der Waals surface area contributed by atoms with Crippen molar-refractivity contribution in [2.45, 2.75) is 6.42 Å². The lowest BCUT2D eigenvalue weighted by molar-refractivity contribution is 0.0685. The zero-order chi connectivity index (χ0) is 14.5. The molecule has 0 saturated heterocycles. The first-order chi connectivity index (χ1) is 9.58. The number of rotatable bonds is 5. The van der Waals surface area contributed by atoms with Crippen molar-refractivity contribution < 1.29 is 19.1 Å². The van der Waals surface area contributed by atoms with Crippen LogP contribution < -0.4 is 5.32 Å². The first-order valence-electron chi connectivity index (χ1n) is 5.87. The van der Waals surface area contributed by atoms with Gasteiger partial charge in [0.15, 0.2) is 11.4 Å². The van der Waals surface area contributed by atoms with Crippen LogP contribution in [0.3, 0.4) is 0 Å². The third-order valence-electron chi connectivity index (χ3n) is 2.66. The van der Waals surface area contributed by atoms with Crippen LogP contribution in [0.5, 0.6) is 0 Å². The van der Waals surface area contributed by atoms with Crippen LogP contribution >= 0.6 is 0 Å². The molecule has 1 aromatic carbocycles. The Bertz CT molecular complexity index is 639. The molecular weight excluding hydrogens is 265 g/mol. The number of benzene rings is 1. The largest absolute Gasteiger partial charge is 0.477 e. The van der Waals surface area contributed by atoms with Crippen molar-refractivity contribution in [3.8, 4) is 0 Å². The molecule has 0 aliphatic heterocycles. The number of carbonyl (C=O) groups excluding carboxylic acids is 1. The molecule has 1 heterocycles. The number of carboxylic acids is 1. The molecule has 6 nitrogen and oxygen atoms in total. The van der Waals surface area contributed by atoms with Crippen molar-refractivity contribution in [3.05, 3.63) is 53.4 Å². The van der Waals surface area contributed by atoms with Gasteiger partial charge in [0.1, 0.15) is 5.82 Å². The van der Waals surface area contributed by atoms with E-state index in [1.807, 2.05) is 0 Å². The highest BCUT2D eigenvalue weighted by molar-refractivity contribution is 6.02. The molecule has 0 radical (unpaired) electrons. The minimum Gasteiger partial charge on any atom is -0.477 e. The Balaban J connectivity index is 1.92. The number of amides is 1. The average molecular weight is 277 g/mol. The minimum atomic E-state index is -1.25. The maximum Gasteiger partial charge on any atom is 0.354 e. The summed E-state index contributed by atoms with van der Waals surface area (Å²) in [5.41, 5.74) is 0.316. The van der Waals surface area contributed by atoms with Gasteiger partial charge >= 0.3 is 5.97 Å². The fraction of sp³-hybridized carbons (Fsp3) is 0.154. The van der Waals surface area contributed by atoms with Crippen LogP contribution in [0.4, 0.5) is 4.39 Å². The predicted molar refractivity (Wildman–Crippen MR) is 68.0 cm³/mol. The highest BCUT2D eigenvalue weighted by atomic mass is 19.1. The maximum absolute atomic E-state index is 13.0. The summed E-state index contributed by atoms with van der Waals surface area (Å²) in [7, 11) is 0. The quantitative estimate of drug-likeness (QED) is 0.765. The third kappa shape index (κ3) is 3.19. The smallest absolute Gasteiger partial charge is 0.354 e. The van der Waals surface area contributed by atoms with Gasteiger partial charge in [0.05, 0.1) is 6.33 Å². The Morgan fingerprint density at radius 2 is 2.20 bits per heavy atom. The Hall–Kier alpha value is -2.70. The Labute approximate surface area is 113 Å². The number of aromatic nitrogens is 2. The van der Waals surface area contributed by atoms with E-state index in [9.17, 15) is 14.0 Å². The first-order valence-corrected chi connectivity index (χ1v) is 5.87. The van der Waals surface area contributed by atoms with E-state index in [4.69, 9.17) is 5.11 Å². The lowest BCUT2D eigenvalue weighted by Crippen LogP contribution is -2.27. The summed E-state index contributed by atoms with van der Waals surface area (Å²) >= 11 is 0. The Morgan fingerprint density at radius 1 is 1.40 bits per heavy atom. The van der Waals surface area contributed by atoms with Crippen LogP contribution in [-0.2, 0) is 6.42 Å². The van der Waals surface area contributed by atoms with E-state index in [0.29, 0.717) is 6.42 Å². The van der Waals surface area contributed by atoms with Crippen LogP contribution in [-0.4, -0.2) is 33.5 Å². The van der Waals surface area contributed by atoms with E-state index in [1.165, 1.54) is 12.1 Å². The van der Waals surface area contributed by atoms with Crippen molar-refractivity contribution >= 4 is 11.9 Å². The second kappa shape index (κ2) is 5.96. The van der Waals surface area contributed by atoms with Gasteiger partial charge in [0.25, 0.3) is 5.91 Å². The van der Waals surface area contributed by atoms with Gasteiger partial charge in [-0.05, 0) is 24.1 Å². The van der Waals surface area contributed by atoms with E-state index in [0.717, 1.165) is 11.9 Å². The summed E-state index contributed by atoms with van der Waals surface area (Å²) in [6.45, 7) is 0.258. The summed E-state index contributed by atoms with van der Waals surface area (Å²) in [5.74, 6) is -2.17. The molecule has 0 bridgehead atoms. The molecule has 0 saturated carbocycles. The fourth-order valence-electron chi connectivity index (χ4n) is 1.73. The van der Waals surface area contributed by atoms with Gasteiger partial charge in [0, 0.05) is 6.54 Å². The van der Waals surface area contributed by atoms with Gasteiger partial charge < -0.3 is 15.4 Å². The Kier molecular flexibility index (Phi) is 4.09. The number of halogens is 1. The number of hydrogen-bond donors (Lipinski definition) is 3. The molecule has 1 amide bonds. The Morgan fingerprint density at radius 3 is 2.90 bits per heavy atom. The molecule has 0 fully saturated rings. The molecule has 104 valence electrons. The standard InChI is InChI=1S/C13H12FN3O3/c14-9-3-1-2-8(6-9)4-5-15-12(18)10-11(13(19)20)17-7-16-10/h1-3,6-7H,4-5H2,(H,15,18)(H,16,17)(H,19,20). The molecule has 7 heteroatoms. The normalized spacial score (nSPS) is 10.2. The molecule has 0 spiro atoms. The van der Waals surface area contributed by atoms with Crippen LogP contribution in [0.25, 0.3) is 0 Å². The zero-order valence-electron chi connectivity index (χ0n) is 10.4. The molecule has 2 rings (SSSR count). The number of nitrogens with zero attached hydrogens (tertiary/aromatic N) is 1. The lowest BCUT2D eigenvalue weighted by Gasteiger charge is -2.04. The van der Waals surface area contributed by atoms with Gasteiger partial charge in [-0.25, -0.2) is 14.2 Å². The van der Waals surface area contributed by atoms with E-state index >= 15 is 0 Å². The van der Waals surface area contributed by atoms with Crippen LogP contribution in [0.2, 0.25) is 0 Å². The van der Waals surface area contributed by atoms with Crippen LogP contribution in [0.1, 0.15) is 26.5 Å². The van der Waals surface area contributed by atoms with Crippen molar-refractivity contribution in [2.75, 3.05) is 6.54 Å². The molecule has 3 N–H and O–H groups in total. The van der Waals surface area contributed by atoms with Crippen LogP contribution in [0, 0.1) is 5.82 Å². The molecule has 0 aliphatic carbocycles. The number of aromatic amines is 1. The molecule has 2 aromatic rings. The highest BCUT2D eigenvalue weighted by Crippen LogP contribution is 2.05. The third-order valence-corrected chi connectivity index (χ3v) is 2.66. The van der Waals surface area contributed by atoms with Crippen molar-refractivity contribution in [2.24, 2.45) is 0 Å². The second-order valence-electron chi connectivity index (χ2n) is 4.07. The number of carbonyl (C=O) groups is 2. The molecule has 0 aliphatic rings. The fourth-order valence-corrected chi connectivity index (χ4v) is 1.73. The summed E-state index contributed by atoms with van der Waals surface area (Å²) in [6.07, 6.45) is 1.58. The van der Waals surface area contributed by atoms with E-state index < -0.39 is 11.9 Å². The molecule has 1 aromatic heterocycles. The lowest BCUT2D eigenvalue weighted by atomic mass is 10.1. The number of carboxylic acid groups (broad SMARTS) is 1. The second-order valence-corrected chi connectivity index (χ2v) is 4.07. The number of hydrogen-bond acceptors (Lipinski definition) is 3. The average Bonchev–Trinajstić information content (AvgIpc) is 2.88. The maximum atomic E-state index is 13.0. The first kappa shape index (κ1) is 13.7. The van der Waals surface area contributed by atoms with Gasteiger partial charge in [-0.15, -0.1) is 0 Å². The molecular formula is C13H12FN3O3. The zero-order valence-corrected chi connectivity index (χ0v) is 10.4. The van der Waals surface area contributed by atoms with E-state index in [1.54, 1.807) is 12.1 Å². The molecule has 0 unspecified atom stereocenters.